The molecule has 0 fully saturated rings. The molecule has 84 valence electrons. The Morgan fingerprint density at radius 3 is 2.56 bits per heavy atom. The number of hydrogen-bond acceptors (Lipinski definition) is 3. The van der Waals surface area contributed by atoms with Gasteiger partial charge in [0.15, 0.2) is 5.78 Å². The molecule has 1 aromatic rings. The number of allylic oxidation sites excluding steroid dienone is 1. The van der Waals surface area contributed by atoms with E-state index < -0.39 is 0 Å². The molecule has 2 heterocycles. The topological polar surface area (TPSA) is 39.2 Å². The summed E-state index contributed by atoms with van der Waals surface area (Å²) in [6, 6.07) is 3.65. The quantitative estimate of drug-likeness (QED) is 0.715. The Balaban J connectivity index is 2.29. The lowest BCUT2D eigenvalue weighted by atomic mass is 9.99. The lowest BCUT2D eigenvalue weighted by Crippen LogP contribution is -2.10. The molecule has 0 saturated heterocycles. The van der Waals surface area contributed by atoms with Crippen LogP contribution in [0.15, 0.2) is 24.0 Å². The summed E-state index contributed by atoms with van der Waals surface area (Å²) in [4.78, 5) is 16.4. The molecule has 0 amide bonds. The highest BCUT2D eigenvalue weighted by atomic mass is 16.5. The zero-order valence-corrected chi connectivity index (χ0v) is 9.62. The third-order valence-electron chi connectivity index (χ3n) is 2.57. The van der Waals surface area contributed by atoms with Gasteiger partial charge in [-0.3, -0.25) is 9.78 Å². The fourth-order valence-electron chi connectivity index (χ4n) is 1.88. The van der Waals surface area contributed by atoms with Gasteiger partial charge in [0.25, 0.3) is 0 Å². The van der Waals surface area contributed by atoms with Gasteiger partial charge in [0.1, 0.15) is 0 Å². The highest BCUT2D eigenvalue weighted by Gasteiger charge is 2.16. The highest BCUT2D eigenvalue weighted by molar-refractivity contribution is 6.08. The van der Waals surface area contributed by atoms with Crippen LogP contribution in [0, 0.1) is 13.8 Å². The minimum atomic E-state index is 0.0632. The maximum atomic E-state index is 12.1. The number of ketones is 1. The van der Waals surface area contributed by atoms with Crippen molar-refractivity contribution in [1.29, 1.82) is 0 Å². The molecule has 3 nitrogen and oxygen atoms in total. The number of ether oxygens (including phenoxy) is 1. The summed E-state index contributed by atoms with van der Waals surface area (Å²) in [7, 11) is 0. The number of nitrogens with zero attached hydrogens (tertiary/aromatic N) is 1. The van der Waals surface area contributed by atoms with Gasteiger partial charge in [-0.2, -0.15) is 0 Å². The molecule has 0 aliphatic carbocycles. The third kappa shape index (κ3) is 2.30. The molecule has 0 bridgehead atoms. The number of rotatable bonds is 2. The van der Waals surface area contributed by atoms with E-state index in [0.717, 1.165) is 29.8 Å². The molecule has 16 heavy (non-hydrogen) atoms. The molecule has 0 spiro atoms. The molecule has 0 aromatic carbocycles. The van der Waals surface area contributed by atoms with Gasteiger partial charge in [-0.15, -0.1) is 0 Å². The van der Waals surface area contributed by atoms with Crippen molar-refractivity contribution in [3.63, 3.8) is 0 Å². The number of aryl methyl sites for hydroxylation is 2. The Kier molecular flexibility index (Phi) is 3.04. The van der Waals surface area contributed by atoms with Crippen LogP contribution in [-0.4, -0.2) is 17.4 Å². The van der Waals surface area contributed by atoms with Gasteiger partial charge in [0, 0.05) is 22.5 Å². The summed E-state index contributed by atoms with van der Waals surface area (Å²) in [5, 5.41) is 0. The van der Waals surface area contributed by atoms with E-state index in [4.69, 9.17) is 4.74 Å². The molecule has 0 radical (unpaired) electrons. The van der Waals surface area contributed by atoms with E-state index in [2.05, 4.69) is 4.98 Å². The summed E-state index contributed by atoms with van der Waals surface area (Å²) in [6.45, 7) is 4.51. The maximum absolute atomic E-state index is 12.1. The normalized spacial score (nSPS) is 15.2. The van der Waals surface area contributed by atoms with E-state index in [1.165, 1.54) is 0 Å². The fraction of sp³-hybridized carbons (Fsp3) is 0.385. The van der Waals surface area contributed by atoms with Crippen molar-refractivity contribution >= 4 is 5.78 Å². The zero-order chi connectivity index (χ0) is 11.5. The molecule has 0 N–H and O–H groups in total. The second-order valence-electron chi connectivity index (χ2n) is 4.09. The smallest absolute Gasteiger partial charge is 0.192 e. The standard InChI is InChI=1S/C13H15NO2/c1-9-6-12(7-10(2)14-9)13(15)11-4-3-5-16-8-11/h6-8H,3-5H2,1-2H3. The predicted molar refractivity (Wildman–Crippen MR) is 61.3 cm³/mol. The van der Waals surface area contributed by atoms with Gasteiger partial charge < -0.3 is 4.74 Å². The average molecular weight is 217 g/mol. The van der Waals surface area contributed by atoms with E-state index >= 15 is 0 Å². The average Bonchev–Trinajstić information content (AvgIpc) is 2.28. The summed E-state index contributed by atoms with van der Waals surface area (Å²) >= 11 is 0. The summed E-state index contributed by atoms with van der Waals surface area (Å²) in [6.07, 6.45) is 3.32. The minimum Gasteiger partial charge on any atom is -0.501 e. The van der Waals surface area contributed by atoms with Gasteiger partial charge in [-0.25, -0.2) is 0 Å². The van der Waals surface area contributed by atoms with Crippen LogP contribution in [0.25, 0.3) is 0 Å². The molecule has 1 aliphatic rings. The molecule has 1 aromatic heterocycles. The van der Waals surface area contributed by atoms with Crippen LogP contribution < -0.4 is 0 Å². The lowest BCUT2D eigenvalue weighted by Gasteiger charge is -2.13. The summed E-state index contributed by atoms with van der Waals surface area (Å²) < 4.78 is 5.19. The lowest BCUT2D eigenvalue weighted by molar-refractivity contribution is 0.101. The van der Waals surface area contributed by atoms with Gasteiger partial charge in [-0.05, 0) is 38.8 Å². The number of carbonyl (C=O) groups excluding carboxylic acids is 1. The maximum Gasteiger partial charge on any atom is 0.192 e. The predicted octanol–water partition coefficient (Wildman–Crippen LogP) is 2.58. The molecule has 0 atom stereocenters. The zero-order valence-electron chi connectivity index (χ0n) is 9.62. The van der Waals surface area contributed by atoms with Crippen molar-refractivity contribution in [2.45, 2.75) is 26.7 Å². The van der Waals surface area contributed by atoms with Crippen LogP contribution in [0.2, 0.25) is 0 Å². The largest absolute Gasteiger partial charge is 0.501 e. The van der Waals surface area contributed by atoms with Crippen LogP contribution in [0.4, 0.5) is 0 Å². The first-order chi connectivity index (χ1) is 7.66. The first-order valence-electron chi connectivity index (χ1n) is 5.47. The van der Waals surface area contributed by atoms with Crippen LogP contribution in [0.1, 0.15) is 34.6 Å². The Bertz CT molecular complexity index is 429. The minimum absolute atomic E-state index is 0.0632. The third-order valence-corrected chi connectivity index (χ3v) is 2.57. The van der Waals surface area contributed by atoms with Crippen molar-refractivity contribution in [1.82, 2.24) is 4.98 Å². The van der Waals surface area contributed by atoms with E-state index in [-0.39, 0.29) is 5.78 Å². The van der Waals surface area contributed by atoms with Gasteiger partial charge >= 0.3 is 0 Å². The highest BCUT2D eigenvalue weighted by Crippen LogP contribution is 2.18. The number of hydrogen-bond donors (Lipinski definition) is 0. The number of carbonyl (C=O) groups is 1. The van der Waals surface area contributed by atoms with Crippen molar-refractivity contribution in [3.8, 4) is 0 Å². The number of pyridine rings is 1. The number of Topliss-reactive ketones (excluding diaryl/α,β-unsaturated/α-hetero) is 1. The molecule has 0 unspecified atom stereocenters. The first kappa shape index (κ1) is 10.9. The fourth-order valence-corrected chi connectivity index (χ4v) is 1.88. The van der Waals surface area contributed by atoms with E-state index in [0.29, 0.717) is 12.2 Å². The van der Waals surface area contributed by atoms with Crippen molar-refractivity contribution in [2.75, 3.05) is 6.61 Å². The molecule has 0 saturated carbocycles. The van der Waals surface area contributed by atoms with Crippen molar-refractivity contribution in [2.24, 2.45) is 0 Å². The van der Waals surface area contributed by atoms with Crippen LogP contribution in [-0.2, 0) is 4.74 Å². The van der Waals surface area contributed by atoms with Crippen LogP contribution in [0.5, 0.6) is 0 Å². The molecule has 2 rings (SSSR count). The Hall–Kier alpha value is -1.64. The van der Waals surface area contributed by atoms with Crippen LogP contribution >= 0.6 is 0 Å². The second-order valence-corrected chi connectivity index (χ2v) is 4.09. The van der Waals surface area contributed by atoms with Crippen molar-refractivity contribution in [3.05, 3.63) is 40.9 Å². The summed E-state index contributed by atoms with van der Waals surface area (Å²) in [5.74, 6) is 0.0632. The summed E-state index contributed by atoms with van der Waals surface area (Å²) in [5.41, 5.74) is 3.22. The van der Waals surface area contributed by atoms with E-state index in [1.54, 1.807) is 6.26 Å². The molecular formula is C13H15NO2. The Labute approximate surface area is 95.2 Å². The first-order valence-corrected chi connectivity index (χ1v) is 5.47. The Morgan fingerprint density at radius 2 is 2.00 bits per heavy atom. The molecule has 1 aliphatic heterocycles. The van der Waals surface area contributed by atoms with Crippen molar-refractivity contribution < 1.29 is 9.53 Å². The SMILES string of the molecule is Cc1cc(C(=O)C2=COCCC2)cc(C)n1. The molecular weight excluding hydrogens is 202 g/mol. The Morgan fingerprint density at radius 1 is 1.31 bits per heavy atom. The van der Waals surface area contributed by atoms with E-state index in [1.807, 2.05) is 26.0 Å². The second kappa shape index (κ2) is 4.47. The van der Waals surface area contributed by atoms with Gasteiger partial charge in [0.2, 0.25) is 0 Å². The molecule has 3 heteroatoms. The number of aromatic nitrogens is 1. The van der Waals surface area contributed by atoms with Crippen LogP contribution in [0.3, 0.4) is 0 Å². The monoisotopic (exact) mass is 217 g/mol. The van der Waals surface area contributed by atoms with Gasteiger partial charge in [0.05, 0.1) is 12.9 Å². The van der Waals surface area contributed by atoms with E-state index in [9.17, 15) is 4.79 Å². The van der Waals surface area contributed by atoms with Gasteiger partial charge in [-0.1, -0.05) is 0 Å².